The maximum absolute atomic E-state index is 5.37. The summed E-state index contributed by atoms with van der Waals surface area (Å²) in [7, 11) is 1.69. The summed E-state index contributed by atoms with van der Waals surface area (Å²) < 4.78 is 10.6. The van der Waals surface area contributed by atoms with Crippen LogP contribution in [0.3, 0.4) is 0 Å². The molecule has 2 nitrogen and oxygen atoms in total. The predicted molar refractivity (Wildman–Crippen MR) is 52.2 cm³/mol. The predicted octanol–water partition coefficient (Wildman–Crippen LogP) is 3.06. The highest BCUT2D eigenvalue weighted by Crippen LogP contribution is 2.30. The lowest BCUT2D eigenvalue weighted by atomic mass is 10.1. The molecule has 0 unspecified atom stereocenters. The molecule has 1 aromatic carbocycles. The van der Waals surface area contributed by atoms with Crippen LogP contribution in [0.4, 0.5) is 0 Å². The van der Waals surface area contributed by atoms with Crippen LogP contribution in [-0.4, -0.2) is 7.11 Å². The van der Waals surface area contributed by atoms with Crippen molar-refractivity contribution in [1.29, 1.82) is 0 Å². The van der Waals surface area contributed by atoms with Crippen LogP contribution in [0, 0.1) is 13.8 Å². The first-order valence-electron chi connectivity index (χ1n) is 4.25. The van der Waals surface area contributed by atoms with Gasteiger partial charge < -0.3 is 9.15 Å². The number of benzene rings is 1. The molecule has 2 heteroatoms. The fraction of sp³-hybridized carbons (Fsp3) is 0.273. The first-order chi connectivity index (χ1) is 6.24. The summed E-state index contributed by atoms with van der Waals surface area (Å²) in [5.74, 6) is 0.923. The van der Waals surface area contributed by atoms with E-state index in [0.717, 1.165) is 27.8 Å². The summed E-state index contributed by atoms with van der Waals surface area (Å²) in [6.07, 6.45) is 1.71. The fourth-order valence-corrected chi connectivity index (χ4v) is 1.63. The summed E-state index contributed by atoms with van der Waals surface area (Å²) in [6.45, 7) is 4.06. The maximum Gasteiger partial charge on any atom is 0.137 e. The molecule has 2 rings (SSSR count). The van der Waals surface area contributed by atoms with Gasteiger partial charge in [-0.3, -0.25) is 0 Å². The van der Waals surface area contributed by atoms with Crippen molar-refractivity contribution in [3.8, 4) is 5.75 Å². The third-order valence-electron chi connectivity index (χ3n) is 2.36. The second kappa shape index (κ2) is 2.80. The van der Waals surface area contributed by atoms with E-state index in [9.17, 15) is 0 Å². The van der Waals surface area contributed by atoms with Crippen LogP contribution < -0.4 is 4.74 Å². The van der Waals surface area contributed by atoms with Crippen LogP contribution in [0.1, 0.15) is 11.1 Å². The Hall–Kier alpha value is -1.44. The molecule has 0 aliphatic carbocycles. The number of rotatable bonds is 1. The number of fused-ring (bicyclic) bond motifs is 1. The topological polar surface area (TPSA) is 22.4 Å². The van der Waals surface area contributed by atoms with Gasteiger partial charge in [0.15, 0.2) is 0 Å². The molecule has 0 atom stereocenters. The average molecular weight is 176 g/mol. The SMILES string of the molecule is COc1cc(C)c2occc2c1C. The van der Waals surface area contributed by atoms with E-state index in [1.165, 1.54) is 0 Å². The van der Waals surface area contributed by atoms with Crippen molar-refractivity contribution in [2.45, 2.75) is 13.8 Å². The molecule has 0 amide bonds. The van der Waals surface area contributed by atoms with E-state index < -0.39 is 0 Å². The van der Waals surface area contributed by atoms with Crippen molar-refractivity contribution >= 4 is 11.0 Å². The lowest BCUT2D eigenvalue weighted by Crippen LogP contribution is -1.88. The van der Waals surface area contributed by atoms with Crippen molar-refractivity contribution in [2.24, 2.45) is 0 Å². The Morgan fingerprint density at radius 2 is 2.08 bits per heavy atom. The Kier molecular flexibility index (Phi) is 1.76. The largest absolute Gasteiger partial charge is 0.496 e. The minimum absolute atomic E-state index is 0.923. The van der Waals surface area contributed by atoms with Crippen molar-refractivity contribution < 1.29 is 9.15 Å². The number of methoxy groups -OCH3 is 1. The smallest absolute Gasteiger partial charge is 0.137 e. The van der Waals surface area contributed by atoms with Gasteiger partial charge in [0.2, 0.25) is 0 Å². The molecular formula is C11H12O2. The van der Waals surface area contributed by atoms with Gasteiger partial charge in [0.25, 0.3) is 0 Å². The summed E-state index contributed by atoms with van der Waals surface area (Å²) in [4.78, 5) is 0. The number of hydrogen-bond acceptors (Lipinski definition) is 2. The van der Waals surface area contributed by atoms with Gasteiger partial charge in [0.1, 0.15) is 11.3 Å². The van der Waals surface area contributed by atoms with Crippen LogP contribution >= 0.6 is 0 Å². The molecule has 2 aromatic rings. The average Bonchev–Trinajstić information content (AvgIpc) is 2.60. The molecule has 0 aliphatic heterocycles. The minimum atomic E-state index is 0.923. The van der Waals surface area contributed by atoms with Gasteiger partial charge in [-0.15, -0.1) is 0 Å². The van der Waals surface area contributed by atoms with Gasteiger partial charge in [-0.2, -0.15) is 0 Å². The van der Waals surface area contributed by atoms with Crippen LogP contribution in [0.15, 0.2) is 22.8 Å². The minimum Gasteiger partial charge on any atom is -0.496 e. The van der Waals surface area contributed by atoms with Crippen molar-refractivity contribution in [3.63, 3.8) is 0 Å². The van der Waals surface area contributed by atoms with Gasteiger partial charge in [-0.25, -0.2) is 0 Å². The van der Waals surface area contributed by atoms with E-state index in [2.05, 4.69) is 0 Å². The van der Waals surface area contributed by atoms with Crippen LogP contribution in [-0.2, 0) is 0 Å². The quantitative estimate of drug-likeness (QED) is 0.666. The second-order valence-electron chi connectivity index (χ2n) is 3.18. The zero-order valence-electron chi connectivity index (χ0n) is 8.05. The van der Waals surface area contributed by atoms with Crippen LogP contribution in [0.5, 0.6) is 5.75 Å². The molecule has 0 N–H and O–H groups in total. The summed E-state index contributed by atoms with van der Waals surface area (Å²) in [6, 6.07) is 3.97. The maximum atomic E-state index is 5.37. The van der Waals surface area contributed by atoms with E-state index >= 15 is 0 Å². The zero-order valence-corrected chi connectivity index (χ0v) is 8.05. The van der Waals surface area contributed by atoms with E-state index in [0.29, 0.717) is 0 Å². The zero-order chi connectivity index (χ0) is 9.42. The summed E-state index contributed by atoms with van der Waals surface area (Å²) in [5.41, 5.74) is 3.21. The molecule has 0 saturated heterocycles. The fourth-order valence-electron chi connectivity index (χ4n) is 1.63. The molecular weight excluding hydrogens is 164 g/mol. The van der Waals surface area contributed by atoms with Gasteiger partial charge >= 0.3 is 0 Å². The Morgan fingerprint density at radius 1 is 1.31 bits per heavy atom. The second-order valence-corrected chi connectivity index (χ2v) is 3.18. The summed E-state index contributed by atoms with van der Waals surface area (Å²) in [5, 5.41) is 1.14. The normalized spacial score (nSPS) is 10.7. The number of hydrogen-bond donors (Lipinski definition) is 0. The van der Waals surface area contributed by atoms with Crippen molar-refractivity contribution in [1.82, 2.24) is 0 Å². The number of furan rings is 1. The highest BCUT2D eigenvalue weighted by atomic mass is 16.5. The third-order valence-corrected chi connectivity index (χ3v) is 2.36. The van der Waals surface area contributed by atoms with E-state index in [1.807, 2.05) is 26.0 Å². The van der Waals surface area contributed by atoms with Crippen LogP contribution in [0.25, 0.3) is 11.0 Å². The molecule has 1 heterocycles. The van der Waals surface area contributed by atoms with E-state index in [-0.39, 0.29) is 0 Å². The van der Waals surface area contributed by atoms with Crippen LogP contribution in [0.2, 0.25) is 0 Å². The third kappa shape index (κ3) is 1.10. The lowest BCUT2D eigenvalue weighted by Gasteiger charge is -2.06. The number of ether oxygens (including phenoxy) is 1. The van der Waals surface area contributed by atoms with Gasteiger partial charge in [-0.1, -0.05) is 0 Å². The Balaban J connectivity index is 2.85. The molecule has 0 spiro atoms. The molecule has 0 fully saturated rings. The monoisotopic (exact) mass is 176 g/mol. The van der Waals surface area contributed by atoms with E-state index in [1.54, 1.807) is 13.4 Å². The first-order valence-corrected chi connectivity index (χ1v) is 4.25. The highest BCUT2D eigenvalue weighted by molar-refractivity contribution is 5.85. The highest BCUT2D eigenvalue weighted by Gasteiger charge is 2.08. The Morgan fingerprint density at radius 3 is 2.77 bits per heavy atom. The van der Waals surface area contributed by atoms with E-state index in [4.69, 9.17) is 9.15 Å². The molecule has 68 valence electrons. The first kappa shape index (κ1) is 8.17. The van der Waals surface area contributed by atoms with Gasteiger partial charge in [-0.05, 0) is 31.5 Å². The molecule has 0 radical (unpaired) electrons. The summed E-state index contributed by atoms with van der Waals surface area (Å²) >= 11 is 0. The molecule has 0 bridgehead atoms. The standard InChI is InChI=1S/C11H12O2/c1-7-6-10(12-3)8(2)9-4-5-13-11(7)9/h4-6H,1-3H3. The van der Waals surface area contributed by atoms with Gasteiger partial charge in [0, 0.05) is 10.9 Å². The van der Waals surface area contributed by atoms with Crippen molar-refractivity contribution in [2.75, 3.05) is 7.11 Å². The van der Waals surface area contributed by atoms with Crippen molar-refractivity contribution in [3.05, 3.63) is 29.5 Å². The molecule has 13 heavy (non-hydrogen) atoms. The Labute approximate surface area is 77.1 Å². The molecule has 0 aliphatic rings. The van der Waals surface area contributed by atoms with Gasteiger partial charge in [0.05, 0.1) is 13.4 Å². The Bertz CT molecular complexity index is 441. The molecule has 1 aromatic heterocycles. The lowest BCUT2D eigenvalue weighted by molar-refractivity contribution is 0.412. The molecule has 0 saturated carbocycles. The number of aryl methyl sites for hydroxylation is 2.